The van der Waals surface area contributed by atoms with Gasteiger partial charge in [0.2, 0.25) is 0 Å². The molecular formula is C25H30N2O4. The Morgan fingerprint density at radius 1 is 0.839 bits per heavy atom. The standard InChI is InChI=1S/C25H30N2O4/c28-23(30-17-19-9-3-1-4-10-19)26-22-16-25(14-8-7-13-21(22)15-25)27-24(29)31-18-20-11-5-2-6-12-20/h1-6,9-12,21-22H,7-8,13-18H2,(H,26,28)(H,27,29). The van der Waals surface area contributed by atoms with Crippen molar-refractivity contribution in [1.29, 1.82) is 0 Å². The number of carbonyl (C=O) groups excluding carboxylic acids is 2. The molecule has 3 unspecified atom stereocenters. The summed E-state index contributed by atoms with van der Waals surface area (Å²) in [6, 6.07) is 19.3. The van der Waals surface area contributed by atoms with Crippen LogP contribution in [0.25, 0.3) is 0 Å². The molecule has 6 heteroatoms. The highest BCUT2D eigenvalue weighted by Crippen LogP contribution is 2.44. The molecule has 6 nitrogen and oxygen atoms in total. The number of carbonyl (C=O) groups is 2. The third-order valence-electron chi connectivity index (χ3n) is 6.41. The highest BCUT2D eigenvalue weighted by atomic mass is 16.6. The molecule has 2 fully saturated rings. The van der Waals surface area contributed by atoms with E-state index in [-0.39, 0.29) is 24.8 Å². The summed E-state index contributed by atoms with van der Waals surface area (Å²) in [7, 11) is 0. The van der Waals surface area contributed by atoms with Crippen LogP contribution in [-0.4, -0.2) is 23.8 Å². The summed E-state index contributed by atoms with van der Waals surface area (Å²) in [6.07, 6.45) is 4.90. The van der Waals surface area contributed by atoms with E-state index in [0.717, 1.165) is 43.2 Å². The van der Waals surface area contributed by atoms with Gasteiger partial charge in [0.15, 0.2) is 0 Å². The predicted molar refractivity (Wildman–Crippen MR) is 117 cm³/mol. The fraction of sp³-hybridized carbons (Fsp3) is 0.440. The summed E-state index contributed by atoms with van der Waals surface area (Å²) in [5.41, 5.74) is 1.59. The Kier molecular flexibility index (Phi) is 6.75. The molecular weight excluding hydrogens is 392 g/mol. The van der Waals surface area contributed by atoms with E-state index in [1.54, 1.807) is 0 Å². The molecule has 0 aromatic heterocycles. The minimum atomic E-state index is -0.401. The van der Waals surface area contributed by atoms with Crippen molar-refractivity contribution in [2.24, 2.45) is 5.92 Å². The largest absolute Gasteiger partial charge is 0.445 e. The second-order valence-electron chi connectivity index (χ2n) is 8.69. The molecule has 2 saturated carbocycles. The Balaban J connectivity index is 1.30. The van der Waals surface area contributed by atoms with Crippen LogP contribution in [0, 0.1) is 5.92 Å². The van der Waals surface area contributed by atoms with Crippen LogP contribution in [0.3, 0.4) is 0 Å². The first-order valence-corrected chi connectivity index (χ1v) is 11.1. The van der Waals surface area contributed by atoms with E-state index in [9.17, 15) is 9.59 Å². The lowest BCUT2D eigenvalue weighted by Gasteiger charge is -2.30. The van der Waals surface area contributed by atoms with E-state index in [4.69, 9.17) is 9.47 Å². The molecule has 0 spiro atoms. The first-order chi connectivity index (χ1) is 15.1. The maximum atomic E-state index is 12.5. The highest BCUT2D eigenvalue weighted by molar-refractivity contribution is 5.69. The van der Waals surface area contributed by atoms with Crippen molar-refractivity contribution in [1.82, 2.24) is 10.6 Å². The molecule has 0 saturated heterocycles. The summed E-state index contributed by atoms with van der Waals surface area (Å²) >= 11 is 0. The van der Waals surface area contributed by atoms with Crippen LogP contribution in [-0.2, 0) is 22.7 Å². The third kappa shape index (κ3) is 5.78. The molecule has 2 aliphatic rings. The quantitative estimate of drug-likeness (QED) is 0.692. The van der Waals surface area contributed by atoms with Crippen LogP contribution in [0.2, 0.25) is 0 Å². The molecule has 2 aromatic rings. The van der Waals surface area contributed by atoms with Crippen LogP contribution in [0.1, 0.15) is 49.7 Å². The summed E-state index contributed by atoms with van der Waals surface area (Å²) in [6.45, 7) is 0.499. The number of rotatable bonds is 6. The number of hydrogen-bond donors (Lipinski definition) is 2. The van der Waals surface area contributed by atoms with Crippen LogP contribution >= 0.6 is 0 Å². The molecule has 31 heavy (non-hydrogen) atoms. The van der Waals surface area contributed by atoms with Gasteiger partial charge in [-0.15, -0.1) is 0 Å². The molecule has 3 atom stereocenters. The van der Waals surface area contributed by atoms with Crippen molar-refractivity contribution < 1.29 is 19.1 Å². The van der Waals surface area contributed by atoms with E-state index in [0.29, 0.717) is 12.3 Å². The predicted octanol–water partition coefficient (Wildman–Crippen LogP) is 4.93. The van der Waals surface area contributed by atoms with E-state index >= 15 is 0 Å². The van der Waals surface area contributed by atoms with Crippen molar-refractivity contribution >= 4 is 12.2 Å². The fourth-order valence-electron chi connectivity index (χ4n) is 4.92. The second-order valence-corrected chi connectivity index (χ2v) is 8.69. The summed E-state index contributed by atoms with van der Waals surface area (Å²) in [5.74, 6) is 0.334. The fourth-order valence-corrected chi connectivity index (χ4v) is 4.92. The monoisotopic (exact) mass is 422 g/mol. The SMILES string of the molecule is O=C(NC1CC2(NC(=O)OCc3ccccc3)CCCCC1C2)OCc1ccccc1. The summed E-state index contributed by atoms with van der Waals surface area (Å²) in [5, 5.41) is 6.19. The number of alkyl carbamates (subject to hydrolysis) is 2. The van der Waals surface area contributed by atoms with Crippen molar-refractivity contribution in [2.75, 3.05) is 0 Å². The molecule has 2 aliphatic carbocycles. The summed E-state index contributed by atoms with van der Waals surface area (Å²) < 4.78 is 10.9. The van der Waals surface area contributed by atoms with Gasteiger partial charge in [-0.1, -0.05) is 73.5 Å². The van der Waals surface area contributed by atoms with Gasteiger partial charge in [0.25, 0.3) is 0 Å². The Labute approximate surface area is 183 Å². The van der Waals surface area contributed by atoms with E-state index in [2.05, 4.69) is 10.6 Å². The topological polar surface area (TPSA) is 76.7 Å². The number of nitrogens with one attached hydrogen (secondary N) is 2. The van der Waals surface area contributed by atoms with Crippen molar-refractivity contribution in [3.8, 4) is 0 Å². The zero-order valence-electron chi connectivity index (χ0n) is 17.7. The molecule has 4 rings (SSSR count). The zero-order chi connectivity index (χ0) is 21.5. The van der Waals surface area contributed by atoms with Gasteiger partial charge in [0.05, 0.1) is 0 Å². The van der Waals surface area contributed by atoms with Gasteiger partial charge in [-0.2, -0.15) is 0 Å². The lowest BCUT2D eigenvalue weighted by molar-refractivity contribution is 0.123. The minimum Gasteiger partial charge on any atom is -0.445 e. The minimum absolute atomic E-state index is 0.00185. The Morgan fingerprint density at radius 2 is 1.45 bits per heavy atom. The van der Waals surface area contributed by atoms with Gasteiger partial charge in [0, 0.05) is 11.6 Å². The average Bonchev–Trinajstić information content (AvgIpc) is 2.97. The lowest BCUT2D eigenvalue weighted by atomic mass is 9.91. The van der Waals surface area contributed by atoms with Crippen LogP contribution in [0.15, 0.2) is 60.7 Å². The van der Waals surface area contributed by atoms with E-state index in [1.807, 2.05) is 60.7 Å². The van der Waals surface area contributed by atoms with Crippen molar-refractivity contribution in [3.05, 3.63) is 71.8 Å². The third-order valence-corrected chi connectivity index (χ3v) is 6.41. The number of benzene rings is 2. The lowest BCUT2D eigenvalue weighted by Crippen LogP contribution is -2.48. The molecule has 0 radical (unpaired) electrons. The normalized spacial score (nSPS) is 24.6. The van der Waals surface area contributed by atoms with Crippen molar-refractivity contribution in [3.63, 3.8) is 0 Å². The maximum absolute atomic E-state index is 12.5. The van der Waals surface area contributed by atoms with E-state index in [1.165, 1.54) is 0 Å². The molecule has 164 valence electrons. The van der Waals surface area contributed by atoms with Gasteiger partial charge < -0.3 is 20.1 Å². The maximum Gasteiger partial charge on any atom is 0.407 e. The zero-order valence-corrected chi connectivity index (χ0v) is 17.7. The first kappa shape index (κ1) is 21.2. The molecule has 2 amide bonds. The number of amides is 2. The number of ether oxygens (including phenoxy) is 2. The van der Waals surface area contributed by atoms with Gasteiger partial charge >= 0.3 is 12.2 Å². The number of hydrogen-bond acceptors (Lipinski definition) is 4. The van der Waals surface area contributed by atoms with Crippen molar-refractivity contribution in [2.45, 2.75) is 63.3 Å². The van der Waals surface area contributed by atoms with Crippen LogP contribution in [0.4, 0.5) is 9.59 Å². The average molecular weight is 423 g/mol. The van der Waals surface area contributed by atoms with Gasteiger partial charge in [0.1, 0.15) is 13.2 Å². The Hall–Kier alpha value is -3.02. The molecule has 2 N–H and O–H groups in total. The van der Waals surface area contributed by atoms with Gasteiger partial charge in [-0.3, -0.25) is 0 Å². The van der Waals surface area contributed by atoms with E-state index < -0.39 is 12.2 Å². The highest BCUT2D eigenvalue weighted by Gasteiger charge is 2.48. The van der Waals surface area contributed by atoms with Gasteiger partial charge in [-0.05, 0) is 42.7 Å². The number of fused-ring (bicyclic) bond motifs is 2. The molecule has 0 aliphatic heterocycles. The van der Waals surface area contributed by atoms with Crippen LogP contribution in [0.5, 0.6) is 0 Å². The molecule has 0 heterocycles. The second kappa shape index (κ2) is 9.86. The smallest absolute Gasteiger partial charge is 0.407 e. The Morgan fingerprint density at radius 3 is 2.10 bits per heavy atom. The van der Waals surface area contributed by atoms with Gasteiger partial charge in [-0.25, -0.2) is 9.59 Å². The molecule has 2 aromatic carbocycles. The molecule has 2 bridgehead atoms. The Bertz CT molecular complexity index is 874. The van der Waals surface area contributed by atoms with Crippen LogP contribution < -0.4 is 10.6 Å². The first-order valence-electron chi connectivity index (χ1n) is 11.1. The summed E-state index contributed by atoms with van der Waals surface area (Å²) in [4.78, 5) is 24.9.